The molecule has 1 saturated carbocycles. The third-order valence-electron chi connectivity index (χ3n) is 3.72. The van der Waals surface area contributed by atoms with Crippen LogP contribution in [0, 0.1) is 17.6 Å². The molecule has 110 valence electrons. The zero-order valence-electron chi connectivity index (χ0n) is 11.4. The second-order valence-corrected chi connectivity index (χ2v) is 5.26. The summed E-state index contributed by atoms with van der Waals surface area (Å²) in [5.74, 6) is -1.19. The van der Waals surface area contributed by atoms with Gasteiger partial charge in [0.15, 0.2) is 0 Å². The van der Waals surface area contributed by atoms with E-state index < -0.39 is 17.5 Å². The molecule has 1 amide bonds. The van der Waals surface area contributed by atoms with Crippen molar-refractivity contribution in [3.63, 3.8) is 0 Å². The lowest BCUT2D eigenvalue weighted by Crippen LogP contribution is -2.30. The fourth-order valence-electron chi connectivity index (χ4n) is 2.61. The first-order valence-electron chi connectivity index (χ1n) is 7.11. The Kier molecular flexibility index (Phi) is 5.47. The average Bonchev–Trinajstić information content (AvgIpc) is 2.92. The molecule has 0 heterocycles. The van der Waals surface area contributed by atoms with Crippen LogP contribution >= 0.6 is 0 Å². The third kappa shape index (κ3) is 4.27. The molecule has 20 heavy (non-hydrogen) atoms. The van der Waals surface area contributed by atoms with Crippen molar-refractivity contribution >= 4 is 11.6 Å². The Morgan fingerprint density at radius 3 is 2.50 bits per heavy atom. The van der Waals surface area contributed by atoms with Crippen molar-refractivity contribution in [3.05, 3.63) is 29.8 Å². The van der Waals surface area contributed by atoms with Crippen LogP contribution in [0.3, 0.4) is 0 Å². The monoisotopic (exact) mass is 282 g/mol. The summed E-state index contributed by atoms with van der Waals surface area (Å²) in [5, 5.41) is 5.27. The van der Waals surface area contributed by atoms with E-state index in [2.05, 4.69) is 10.6 Å². The maximum absolute atomic E-state index is 13.3. The second-order valence-electron chi connectivity index (χ2n) is 5.26. The molecular formula is C15H20F2N2O. The molecular weight excluding hydrogens is 262 g/mol. The minimum absolute atomic E-state index is 0.0699. The van der Waals surface area contributed by atoms with E-state index >= 15 is 0 Å². The summed E-state index contributed by atoms with van der Waals surface area (Å²) in [6.07, 6.45) is 6.21. The Bertz CT molecular complexity index is 439. The Labute approximate surface area is 117 Å². The molecule has 0 radical (unpaired) electrons. The Hall–Kier alpha value is -1.49. The van der Waals surface area contributed by atoms with Gasteiger partial charge in [-0.15, -0.1) is 0 Å². The summed E-state index contributed by atoms with van der Waals surface area (Å²) in [6, 6.07) is 3.50. The number of benzene rings is 1. The summed E-state index contributed by atoms with van der Waals surface area (Å²) < 4.78 is 26.7. The number of hydrogen-bond acceptors (Lipinski definition) is 2. The molecule has 2 rings (SSSR count). The predicted octanol–water partition coefficient (Wildman–Crippen LogP) is 3.07. The average molecular weight is 282 g/mol. The lowest BCUT2D eigenvalue weighted by Gasteiger charge is -2.10. The molecule has 0 aliphatic heterocycles. The number of carbonyl (C=O) groups excluding carboxylic acids is 1. The predicted molar refractivity (Wildman–Crippen MR) is 74.4 cm³/mol. The highest BCUT2D eigenvalue weighted by atomic mass is 19.1. The molecule has 0 aromatic heterocycles. The van der Waals surface area contributed by atoms with Crippen molar-refractivity contribution in [3.8, 4) is 0 Å². The Morgan fingerprint density at radius 1 is 1.20 bits per heavy atom. The lowest BCUT2D eigenvalue weighted by molar-refractivity contribution is -0.115. The molecule has 1 aromatic rings. The summed E-state index contributed by atoms with van der Waals surface area (Å²) in [7, 11) is 0. The van der Waals surface area contributed by atoms with Gasteiger partial charge in [-0.2, -0.15) is 0 Å². The number of amides is 1. The Balaban J connectivity index is 1.69. The van der Waals surface area contributed by atoms with E-state index in [0.29, 0.717) is 0 Å². The first-order chi connectivity index (χ1) is 9.66. The number of nitrogens with one attached hydrogen (secondary N) is 2. The van der Waals surface area contributed by atoms with Gasteiger partial charge in [-0.05, 0) is 31.0 Å². The number of carbonyl (C=O) groups is 1. The van der Waals surface area contributed by atoms with Crippen LogP contribution in [-0.4, -0.2) is 19.0 Å². The van der Waals surface area contributed by atoms with Crippen molar-refractivity contribution in [2.75, 3.05) is 18.4 Å². The van der Waals surface area contributed by atoms with Crippen LogP contribution in [0.2, 0.25) is 0 Å². The molecule has 2 N–H and O–H groups in total. The van der Waals surface area contributed by atoms with Crippen LogP contribution < -0.4 is 10.6 Å². The molecule has 1 fully saturated rings. The second kappa shape index (κ2) is 7.33. The summed E-state index contributed by atoms with van der Waals surface area (Å²) in [5.41, 5.74) is -0.380. The van der Waals surface area contributed by atoms with Gasteiger partial charge in [0.1, 0.15) is 17.3 Å². The van der Waals surface area contributed by atoms with Crippen molar-refractivity contribution in [2.24, 2.45) is 5.92 Å². The Morgan fingerprint density at radius 2 is 1.85 bits per heavy atom. The first kappa shape index (κ1) is 14.9. The smallest absolute Gasteiger partial charge is 0.238 e. The van der Waals surface area contributed by atoms with Crippen LogP contribution in [0.5, 0.6) is 0 Å². The number of para-hydroxylation sites is 1. The fraction of sp³-hybridized carbons (Fsp3) is 0.533. The van der Waals surface area contributed by atoms with Crippen LogP contribution in [0.25, 0.3) is 0 Å². The van der Waals surface area contributed by atoms with Gasteiger partial charge in [0, 0.05) is 0 Å². The highest BCUT2D eigenvalue weighted by molar-refractivity contribution is 5.92. The number of hydrogen-bond donors (Lipinski definition) is 2. The van der Waals surface area contributed by atoms with Crippen LogP contribution in [-0.2, 0) is 4.79 Å². The van der Waals surface area contributed by atoms with Gasteiger partial charge >= 0.3 is 0 Å². The van der Waals surface area contributed by atoms with Crippen molar-refractivity contribution in [1.82, 2.24) is 5.32 Å². The van der Waals surface area contributed by atoms with Gasteiger partial charge in [0.2, 0.25) is 5.91 Å². The molecule has 0 bridgehead atoms. The van der Waals surface area contributed by atoms with Crippen molar-refractivity contribution in [1.29, 1.82) is 0 Å². The molecule has 1 aliphatic carbocycles. The van der Waals surface area contributed by atoms with Crippen LogP contribution in [0.15, 0.2) is 18.2 Å². The minimum Gasteiger partial charge on any atom is -0.320 e. The topological polar surface area (TPSA) is 41.1 Å². The van der Waals surface area contributed by atoms with Gasteiger partial charge in [0.05, 0.1) is 6.54 Å². The number of halogens is 2. The molecule has 0 atom stereocenters. The van der Waals surface area contributed by atoms with Gasteiger partial charge in [0.25, 0.3) is 0 Å². The van der Waals surface area contributed by atoms with E-state index in [1.807, 2.05) is 0 Å². The summed E-state index contributed by atoms with van der Waals surface area (Å²) in [4.78, 5) is 11.6. The quantitative estimate of drug-likeness (QED) is 0.787. The van der Waals surface area contributed by atoms with Gasteiger partial charge in [-0.3, -0.25) is 4.79 Å². The zero-order valence-corrected chi connectivity index (χ0v) is 11.4. The van der Waals surface area contributed by atoms with E-state index in [4.69, 9.17) is 0 Å². The van der Waals surface area contributed by atoms with E-state index in [0.717, 1.165) is 31.0 Å². The number of rotatable bonds is 6. The van der Waals surface area contributed by atoms with E-state index in [-0.39, 0.29) is 12.2 Å². The highest BCUT2D eigenvalue weighted by Crippen LogP contribution is 2.26. The first-order valence-corrected chi connectivity index (χ1v) is 7.11. The summed E-state index contributed by atoms with van der Waals surface area (Å²) in [6.45, 7) is 0.832. The van der Waals surface area contributed by atoms with Crippen molar-refractivity contribution in [2.45, 2.75) is 32.1 Å². The lowest BCUT2D eigenvalue weighted by atomic mass is 10.0. The maximum Gasteiger partial charge on any atom is 0.238 e. The molecule has 1 aromatic carbocycles. The summed E-state index contributed by atoms with van der Waals surface area (Å²) >= 11 is 0. The molecule has 5 heteroatoms. The molecule has 3 nitrogen and oxygen atoms in total. The maximum atomic E-state index is 13.3. The fourth-order valence-corrected chi connectivity index (χ4v) is 2.61. The third-order valence-corrected chi connectivity index (χ3v) is 3.72. The minimum atomic E-state index is -0.760. The molecule has 1 aliphatic rings. The standard InChI is InChI=1S/C15H20F2N2O/c16-12-6-3-7-13(17)15(12)19-14(20)10-18-9-8-11-4-1-2-5-11/h3,6-7,11,18H,1-2,4-5,8-10H2,(H,19,20). The SMILES string of the molecule is O=C(CNCCC1CCCC1)Nc1c(F)cccc1F. The molecule has 0 saturated heterocycles. The van der Waals surface area contributed by atoms with Crippen molar-refractivity contribution < 1.29 is 13.6 Å². The number of anilines is 1. The van der Waals surface area contributed by atoms with Gasteiger partial charge in [-0.25, -0.2) is 8.78 Å². The van der Waals surface area contributed by atoms with E-state index in [9.17, 15) is 13.6 Å². The van der Waals surface area contributed by atoms with E-state index in [1.165, 1.54) is 31.7 Å². The van der Waals surface area contributed by atoms with Gasteiger partial charge in [-0.1, -0.05) is 31.7 Å². The van der Waals surface area contributed by atoms with Crippen LogP contribution in [0.1, 0.15) is 32.1 Å². The van der Waals surface area contributed by atoms with E-state index in [1.54, 1.807) is 0 Å². The zero-order chi connectivity index (χ0) is 14.4. The molecule has 0 spiro atoms. The largest absolute Gasteiger partial charge is 0.320 e. The van der Waals surface area contributed by atoms with Gasteiger partial charge < -0.3 is 10.6 Å². The highest BCUT2D eigenvalue weighted by Gasteiger charge is 2.15. The molecule has 0 unspecified atom stereocenters. The normalized spacial score (nSPS) is 15.5. The van der Waals surface area contributed by atoms with Crippen LogP contribution in [0.4, 0.5) is 14.5 Å².